The van der Waals surface area contributed by atoms with Crippen LogP contribution in [0.2, 0.25) is 0 Å². The van der Waals surface area contributed by atoms with E-state index in [0.717, 1.165) is 11.4 Å². The van der Waals surface area contributed by atoms with Crippen LogP contribution >= 0.6 is 11.3 Å². The lowest BCUT2D eigenvalue weighted by Gasteiger charge is -2.24. The van der Waals surface area contributed by atoms with Gasteiger partial charge in [-0.05, 0) is 24.8 Å². The highest BCUT2D eigenvalue weighted by molar-refractivity contribution is 7.09. The molecule has 2 nitrogen and oxygen atoms in total. The lowest BCUT2D eigenvalue weighted by Crippen LogP contribution is -2.25. The first-order valence-corrected chi connectivity index (χ1v) is 7.75. The summed E-state index contributed by atoms with van der Waals surface area (Å²) < 4.78 is 0. The first kappa shape index (κ1) is 14.2. The first-order chi connectivity index (χ1) is 9.16. The lowest BCUT2D eigenvalue weighted by atomic mass is 9.96. The van der Waals surface area contributed by atoms with Crippen molar-refractivity contribution in [2.45, 2.75) is 39.3 Å². The van der Waals surface area contributed by atoms with Crippen LogP contribution < -0.4 is 5.32 Å². The number of nitrogens with zero attached hydrogens (tertiary/aromatic N) is 1. The van der Waals surface area contributed by atoms with Gasteiger partial charge in [-0.2, -0.15) is 0 Å². The molecule has 0 aliphatic heterocycles. The number of benzene rings is 1. The molecule has 1 heterocycles. The quantitative estimate of drug-likeness (QED) is 0.834. The van der Waals surface area contributed by atoms with Gasteiger partial charge in [-0.25, -0.2) is 4.98 Å². The van der Waals surface area contributed by atoms with Crippen molar-refractivity contribution in [1.82, 2.24) is 10.3 Å². The molecule has 2 aromatic rings. The summed E-state index contributed by atoms with van der Waals surface area (Å²) in [7, 11) is 0. The minimum Gasteiger partial charge on any atom is -0.301 e. The molecule has 0 saturated carbocycles. The molecule has 1 aromatic carbocycles. The van der Waals surface area contributed by atoms with Gasteiger partial charge in [0.1, 0.15) is 5.01 Å². The van der Waals surface area contributed by atoms with Gasteiger partial charge in [0.2, 0.25) is 0 Å². The zero-order valence-corrected chi connectivity index (χ0v) is 12.7. The molecule has 3 heteroatoms. The minimum atomic E-state index is 0.295. The van der Waals surface area contributed by atoms with Gasteiger partial charge in [0, 0.05) is 17.6 Å². The Morgan fingerprint density at radius 2 is 1.89 bits per heavy atom. The topological polar surface area (TPSA) is 24.9 Å². The molecule has 0 saturated heterocycles. The number of nitrogens with one attached hydrogen (secondary N) is 1. The second-order valence-corrected chi connectivity index (χ2v) is 6.28. The van der Waals surface area contributed by atoms with E-state index in [1.807, 2.05) is 11.6 Å². The maximum atomic E-state index is 4.40. The van der Waals surface area contributed by atoms with Crippen molar-refractivity contribution in [3.8, 4) is 0 Å². The summed E-state index contributed by atoms with van der Waals surface area (Å²) in [5, 5.41) is 6.91. The molecule has 2 atom stereocenters. The van der Waals surface area contributed by atoms with Crippen molar-refractivity contribution in [2.24, 2.45) is 5.92 Å². The summed E-state index contributed by atoms with van der Waals surface area (Å²) in [4.78, 5) is 4.40. The molecule has 0 aliphatic carbocycles. The number of hydrogen-bond acceptors (Lipinski definition) is 3. The van der Waals surface area contributed by atoms with Crippen LogP contribution in [0.3, 0.4) is 0 Å². The average Bonchev–Trinajstić information content (AvgIpc) is 2.92. The van der Waals surface area contributed by atoms with Crippen molar-refractivity contribution < 1.29 is 0 Å². The third kappa shape index (κ3) is 4.15. The van der Waals surface area contributed by atoms with E-state index in [0.29, 0.717) is 18.0 Å². The Balaban J connectivity index is 2.10. The Labute approximate surface area is 119 Å². The van der Waals surface area contributed by atoms with Gasteiger partial charge in [0.05, 0.1) is 6.04 Å². The van der Waals surface area contributed by atoms with Crippen LogP contribution in [-0.4, -0.2) is 4.98 Å². The maximum absolute atomic E-state index is 4.40. The number of hydrogen-bond donors (Lipinski definition) is 1. The smallest absolute Gasteiger partial charge is 0.109 e. The molecule has 19 heavy (non-hydrogen) atoms. The van der Waals surface area contributed by atoms with Crippen LogP contribution in [0.1, 0.15) is 49.8 Å². The molecule has 0 radical (unpaired) electrons. The second kappa shape index (κ2) is 6.83. The summed E-state index contributed by atoms with van der Waals surface area (Å²) in [5.74, 6) is 0.668. The molecular formula is C16H22N2S. The molecule has 0 spiro atoms. The Morgan fingerprint density at radius 1 is 1.16 bits per heavy atom. The van der Waals surface area contributed by atoms with E-state index in [1.165, 1.54) is 5.56 Å². The Kier molecular flexibility index (Phi) is 5.11. The van der Waals surface area contributed by atoms with Crippen molar-refractivity contribution in [2.75, 3.05) is 0 Å². The van der Waals surface area contributed by atoms with Gasteiger partial charge in [-0.15, -0.1) is 11.3 Å². The highest BCUT2D eigenvalue weighted by Gasteiger charge is 2.17. The summed E-state index contributed by atoms with van der Waals surface area (Å²) in [6.45, 7) is 6.73. The van der Waals surface area contributed by atoms with Gasteiger partial charge in [-0.3, -0.25) is 0 Å². The fourth-order valence-corrected chi connectivity index (χ4v) is 2.93. The minimum absolute atomic E-state index is 0.295. The first-order valence-electron chi connectivity index (χ1n) is 6.87. The molecule has 102 valence electrons. The van der Waals surface area contributed by atoms with E-state index < -0.39 is 0 Å². The van der Waals surface area contributed by atoms with E-state index in [2.05, 4.69) is 61.4 Å². The summed E-state index contributed by atoms with van der Waals surface area (Å²) in [6, 6.07) is 11.4. The van der Waals surface area contributed by atoms with Crippen LogP contribution in [0.4, 0.5) is 0 Å². The van der Waals surface area contributed by atoms with Gasteiger partial charge in [-0.1, -0.05) is 44.2 Å². The zero-order chi connectivity index (χ0) is 13.7. The van der Waals surface area contributed by atoms with E-state index in [1.54, 1.807) is 11.3 Å². The fraction of sp³-hybridized carbons (Fsp3) is 0.438. The molecule has 2 rings (SSSR count). The zero-order valence-electron chi connectivity index (χ0n) is 11.8. The van der Waals surface area contributed by atoms with Crippen molar-refractivity contribution in [3.63, 3.8) is 0 Å². The van der Waals surface area contributed by atoms with E-state index >= 15 is 0 Å². The van der Waals surface area contributed by atoms with Crippen molar-refractivity contribution in [3.05, 3.63) is 52.5 Å². The van der Waals surface area contributed by atoms with Crippen LogP contribution in [0.15, 0.2) is 41.9 Å². The van der Waals surface area contributed by atoms with Crippen LogP contribution in [0.25, 0.3) is 0 Å². The van der Waals surface area contributed by atoms with Crippen molar-refractivity contribution >= 4 is 11.3 Å². The third-order valence-corrected chi connectivity index (χ3v) is 4.14. The second-order valence-electron chi connectivity index (χ2n) is 5.35. The summed E-state index contributed by atoms with van der Waals surface area (Å²) in [6.07, 6.45) is 3.01. The van der Waals surface area contributed by atoms with E-state index in [9.17, 15) is 0 Å². The van der Waals surface area contributed by atoms with Crippen molar-refractivity contribution in [1.29, 1.82) is 0 Å². The SMILES string of the molecule is CC(C)CC(NC(C)c1nccs1)c1ccccc1. The molecule has 1 N–H and O–H groups in total. The van der Waals surface area contributed by atoms with E-state index in [-0.39, 0.29) is 0 Å². The Morgan fingerprint density at radius 3 is 2.47 bits per heavy atom. The number of aromatic nitrogens is 1. The standard InChI is InChI=1S/C16H22N2S/c1-12(2)11-15(14-7-5-4-6-8-14)18-13(3)16-17-9-10-19-16/h4-10,12-13,15,18H,11H2,1-3H3. The largest absolute Gasteiger partial charge is 0.301 e. The molecule has 0 amide bonds. The molecule has 0 fully saturated rings. The van der Waals surface area contributed by atoms with Crippen LogP contribution in [-0.2, 0) is 0 Å². The van der Waals surface area contributed by atoms with E-state index in [4.69, 9.17) is 0 Å². The third-order valence-electron chi connectivity index (χ3n) is 3.18. The molecule has 2 unspecified atom stereocenters. The van der Waals surface area contributed by atoms with Gasteiger partial charge in [0.25, 0.3) is 0 Å². The number of thiazole rings is 1. The monoisotopic (exact) mass is 274 g/mol. The predicted octanol–water partition coefficient (Wildman–Crippen LogP) is 4.58. The highest BCUT2D eigenvalue weighted by Crippen LogP contribution is 2.25. The lowest BCUT2D eigenvalue weighted by molar-refractivity contribution is 0.394. The van der Waals surface area contributed by atoms with Gasteiger partial charge < -0.3 is 5.32 Å². The molecular weight excluding hydrogens is 252 g/mol. The average molecular weight is 274 g/mol. The Bertz CT molecular complexity index is 465. The van der Waals surface area contributed by atoms with Crippen LogP contribution in [0, 0.1) is 5.92 Å². The molecule has 1 aromatic heterocycles. The van der Waals surface area contributed by atoms with Gasteiger partial charge >= 0.3 is 0 Å². The maximum Gasteiger partial charge on any atom is 0.109 e. The normalized spacial score (nSPS) is 14.5. The number of rotatable bonds is 6. The summed E-state index contributed by atoms with van der Waals surface area (Å²) in [5.41, 5.74) is 1.36. The molecule has 0 aliphatic rings. The van der Waals surface area contributed by atoms with Crippen LogP contribution in [0.5, 0.6) is 0 Å². The molecule has 0 bridgehead atoms. The van der Waals surface area contributed by atoms with Gasteiger partial charge in [0.15, 0.2) is 0 Å². The highest BCUT2D eigenvalue weighted by atomic mass is 32.1. The summed E-state index contributed by atoms with van der Waals surface area (Å²) >= 11 is 1.71. The predicted molar refractivity (Wildman–Crippen MR) is 82.3 cm³/mol. The Hall–Kier alpha value is -1.19. The fourth-order valence-electron chi connectivity index (χ4n) is 2.28.